The molecule has 0 aliphatic rings. The van der Waals surface area contributed by atoms with Crippen molar-refractivity contribution in [3.05, 3.63) is 58.1 Å². The molecular weight excluding hydrogens is 304 g/mol. The van der Waals surface area contributed by atoms with Crippen LogP contribution in [0.3, 0.4) is 0 Å². The molecule has 94 valence electrons. The van der Waals surface area contributed by atoms with Crippen LogP contribution in [0.15, 0.2) is 40.9 Å². The molecule has 2 aromatic rings. The highest BCUT2D eigenvalue weighted by Crippen LogP contribution is 2.22. The first-order valence-electron chi connectivity index (χ1n) is 5.17. The Morgan fingerprint density at radius 2 is 1.72 bits per heavy atom. The van der Waals surface area contributed by atoms with Gasteiger partial charge < -0.3 is 10.5 Å². The Morgan fingerprint density at radius 3 is 2.39 bits per heavy atom. The van der Waals surface area contributed by atoms with E-state index in [1.54, 1.807) is 12.1 Å². The average Bonchev–Trinajstić information content (AvgIpc) is 2.23. The van der Waals surface area contributed by atoms with E-state index in [1.165, 1.54) is 24.3 Å². The fourth-order valence-corrected chi connectivity index (χ4v) is 1.98. The summed E-state index contributed by atoms with van der Waals surface area (Å²) in [5, 5.41) is 0. The van der Waals surface area contributed by atoms with Gasteiger partial charge in [-0.05, 0) is 35.9 Å². The summed E-state index contributed by atoms with van der Waals surface area (Å²) in [6.45, 7) is 0.123. The third kappa shape index (κ3) is 3.43. The monoisotopic (exact) mass is 313 g/mol. The second kappa shape index (κ2) is 5.35. The highest BCUT2D eigenvalue weighted by molar-refractivity contribution is 9.10. The predicted molar refractivity (Wildman–Crippen MR) is 69.2 cm³/mol. The number of anilines is 1. The van der Waals surface area contributed by atoms with E-state index in [0.717, 1.165) is 0 Å². The topological polar surface area (TPSA) is 35.2 Å². The van der Waals surface area contributed by atoms with Crippen molar-refractivity contribution in [2.24, 2.45) is 0 Å². The summed E-state index contributed by atoms with van der Waals surface area (Å²) in [4.78, 5) is 0. The van der Waals surface area contributed by atoms with Gasteiger partial charge in [0.1, 0.15) is 24.0 Å². The molecule has 0 heterocycles. The zero-order valence-corrected chi connectivity index (χ0v) is 10.9. The molecule has 5 heteroatoms. The van der Waals surface area contributed by atoms with Gasteiger partial charge in [0.25, 0.3) is 0 Å². The lowest BCUT2D eigenvalue weighted by Gasteiger charge is -2.08. The largest absolute Gasteiger partial charge is 0.489 e. The second-order valence-corrected chi connectivity index (χ2v) is 4.70. The Kier molecular flexibility index (Phi) is 3.81. The van der Waals surface area contributed by atoms with Crippen molar-refractivity contribution in [2.45, 2.75) is 6.61 Å². The molecule has 0 saturated heterocycles. The van der Waals surface area contributed by atoms with E-state index >= 15 is 0 Å². The van der Waals surface area contributed by atoms with Crippen molar-refractivity contribution in [3.63, 3.8) is 0 Å². The highest BCUT2D eigenvalue weighted by Gasteiger charge is 2.03. The number of hydrogen-bond acceptors (Lipinski definition) is 2. The number of benzene rings is 2. The molecule has 0 bridgehead atoms. The molecule has 0 aliphatic carbocycles. The molecule has 0 unspecified atom stereocenters. The Hall–Kier alpha value is -1.62. The molecule has 0 aromatic heterocycles. The standard InChI is InChI=1S/C13H10BrF2NO/c14-9-3-11(16)6-13(4-9)18-7-8-1-10(15)5-12(17)2-8/h1-6H,7,17H2. The van der Waals surface area contributed by atoms with Gasteiger partial charge in [0.2, 0.25) is 0 Å². The molecular formula is C13H10BrF2NO. The summed E-state index contributed by atoms with van der Waals surface area (Å²) in [6, 6.07) is 8.37. The van der Waals surface area contributed by atoms with Crippen LogP contribution in [0.1, 0.15) is 5.56 Å². The van der Waals surface area contributed by atoms with Crippen LogP contribution in [0.2, 0.25) is 0 Å². The minimum atomic E-state index is -0.422. The Morgan fingerprint density at radius 1 is 1.00 bits per heavy atom. The number of ether oxygens (including phenoxy) is 1. The molecule has 0 spiro atoms. The fourth-order valence-electron chi connectivity index (χ4n) is 1.54. The summed E-state index contributed by atoms with van der Waals surface area (Å²) >= 11 is 3.16. The number of nitrogens with two attached hydrogens (primary N) is 1. The minimum Gasteiger partial charge on any atom is -0.489 e. The SMILES string of the molecule is Nc1cc(F)cc(COc2cc(F)cc(Br)c2)c1. The average molecular weight is 314 g/mol. The van der Waals surface area contributed by atoms with Gasteiger partial charge in [0.15, 0.2) is 0 Å². The quantitative estimate of drug-likeness (QED) is 0.873. The number of rotatable bonds is 3. The van der Waals surface area contributed by atoms with E-state index in [9.17, 15) is 8.78 Å². The Balaban J connectivity index is 2.11. The van der Waals surface area contributed by atoms with Crippen molar-refractivity contribution >= 4 is 21.6 Å². The molecule has 2 nitrogen and oxygen atoms in total. The summed E-state index contributed by atoms with van der Waals surface area (Å²) < 4.78 is 32.1. The van der Waals surface area contributed by atoms with Gasteiger partial charge in [0, 0.05) is 16.2 Å². The van der Waals surface area contributed by atoms with Gasteiger partial charge in [-0.1, -0.05) is 15.9 Å². The van der Waals surface area contributed by atoms with Gasteiger partial charge in [-0.3, -0.25) is 0 Å². The highest BCUT2D eigenvalue weighted by atomic mass is 79.9. The third-order valence-corrected chi connectivity index (χ3v) is 2.68. The first kappa shape index (κ1) is 12.8. The van der Waals surface area contributed by atoms with Gasteiger partial charge in [-0.25, -0.2) is 8.78 Å². The van der Waals surface area contributed by atoms with Crippen molar-refractivity contribution in [2.75, 3.05) is 5.73 Å². The zero-order valence-electron chi connectivity index (χ0n) is 9.29. The van der Waals surface area contributed by atoms with Crippen LogP contribution in [0.5, 0.6) is 5.75 Å². The molecule has 0 aliphatic heterocycles. The molecule has 0 amide bonds. The molecule has 0 atom stereocenters. The lowest BCUT2D eigenvalue weighted by atomic mass is 10.2. The molecule has 2 aromatic carbocycles. The van der Waals surface area contributed by atoms with E-state index in [2.05, 4.69) is 15.9 Å². The van der Waals surface area contributed by atoms with Gasteiger partial charge in [-0.15, -0.1) is 0 Å². The van der Waals surface area contributed by atoms with Crippen LogP contribution in [0.4, 0.5) is 14.5 Å². The van der Waals surface area contributed by atoms with Crippen molar-refractivity contribution < 1.29 is 13.5 Å². The van der Waals surface area contributed by atoms with Crippen LogP contribution >= 0.6 is 15.9 Å². The lowest BCUT2D eigenvalue weighted by molar-refractivity contribution is 0.304. The van der Waals surface area contributed by atoms with Crippen LogP contribution in [0, 0.1) is 11.6 Å². The van der Waals surface area contributed by atoms with E-state index in [4.69, 9.17) is 10.5 Å². The maximum atomic E-state index is 13.1. The third-order valence-electron chi connectivity index (χ3n) is 2.22. The van der Waals surface area contributed by atoms with Gasteiger partial charge in [-0.2, -0.15) is 0 Å². The van der Waals surface area contributed by atoms with Crippen LogP contribution in [-0.2, 0) is 6.61 Å². The number of hydrogen-bond donors (Lipinski definition) is 1. The van der Waals surface area contributed by atoms with E-state index in [1.807, 2.05) is 0 Å². The molecule has 0 saturated carbocycles. The van der Waals surface area contributed by atoms with Crippen LogP contribution < -0.4 is 10.5 Å². The molecule has 2 rings (SSSR count). The summed E-state index contributed by atoms with van der Waals surface area (Å²) in [5.74, 6) is -0.461. The van der Waals surface area contributed by atoms with E-state index in [0.29, 0.717) is 21.5 Å². The number of halogens is 3. The second-order valence-electron chi connectivity index (χ2n) is 3.79. The van der Waals surface area contributed by atoms with E-state index < -0.39 is 11.6 Å². The Bertz CT molecular complexity index is 483. The zero-order chi connectivity index (χ0) is 13.1. The lowest BCUT2D eigenvalue weighted by Crippen LogP contribution is -1.98. The van der Waals surface area contributed by atoms with Crippen LogP contribution in [0.25, 0.3) is 0 Å². The predicted octanol–water partition coefficient (Wildman–Crippen LogP) is 3.89. The Labute approximate surface area is 112 Å². The van der Waals surface area contributed by atoms with E-state index in [-0.39, 0.29) is 6.61 Å². The first-order chi connectivity index (χ1) is 8.52. The maximum Gasteiger partial charge on any atom is 0.128 e. The van der Waals surface area contributed by atoms with Crippen molar-refractivity contribution in [3.8, 4) is 5.75 Å². The smallest absolute Gasteiger partial charge is 0.128 e. The molecule has 0 fully saturated rings. The molecule has 0 radical (unpaired) electrons. The summed E-state index contributed by atoms with van der Waals surface area (Å²) in [7, 11) is 0. The van der Waals surface area contributed by atoms with Gasteiger partial charge in [0.05, 0.1) is 0 Å². The number of nitrogen functional groups attached to an aromatic ring is 1. The first-order valence-corrected chi connectivity index (χ1v) is 5.96. The van der Waals surface area contributed by atoms with Gasteiger partial charge >= 0.3 is 0 Å². The molecule has 18 heavy (non-hydrogen) atoms. The van der Waals surface area contributed by atoms with Crippen molar-refractivity contribution in [1.82, 2.24) is 0 Å². The normalized spacial score (nSPS) is 10.4. The summed E-state index contributed by atoms with van der Waals surface area (Å²) in [6.07, 6.45) is 0. The fraction of sp³-hybridized carbons (Fsp3) is 0.0769. The molecule has 2 N–H and O–H groups in total. The van der Waals surface area contributed by atoms with Crippen LogP contribution in [-0.4, -0.2) is 0 Å². The van der Waals surface area contributed by atoms with Crippen molar-refractivity contribution in [1.29, 1.82) is 0 Å². The minimum absolute atomic E-state index is 0.123. The summed E-state index contributed by atoms with van der Waals surface area (Å²) in [5.41, 5.74) is 6.43. The maximum absolute atomic E-state index is 13.1.